The van der Waals surface area contributed by atoms with E-state index in [4.69, 9.17) is 25.8 Å². The van der Waals surface area contributed by atoms with Crippen molar-refractivity contribution in [1.29, 1.82) is 0 Å². The summed E-state index contributed by atoms with van der Waals surface area (Å²) in [7, 11) is 3.01. The number of carbonyl (C=O) groups excluding carboxylic acids is 2. The number of hydrogen-bond acceptors (Lipinski definition) is 5. The molecule has 2 aromatic carbocycles. The Morgan fingerprint density at radius 2 is 1.75 bits per heavy atom. The van der Waals surface area contributed by atoms with Gasteiger partial charge in [-0.25, -0.2) is 4.79 Å². The van der Waals surface area contributed by atoms with Crippen molar-refractivity contribution in [2.24, 2.45) is 0 Å². The van der Waals surface area contributed by atoms with E-state index < -0.39 is 0 Å². The fourth-order valence-corrected chi connectivity index (χ4v) is 4.94. The molecule has 7 nitrogen and oxygen atoms in total. The molecule has 0 radical (unpaired) electrons. The minimum absolute atomic E-state index is 0.0242. The number of rotatable bonds is 5. The highest BCUT2D eigenvalue weighted by Gasteiger charge is 2.44. The van der Waals surface area contributed by atoms with E-state index >= 15 is 0 Å². The molecule has 4 rings (SSSR count). The molecule has 2 saturated heterocycles. The molecule has 2 amide bonds. The predicted octanol–water partition coefficient (Wildman–Crippen LogP) is 4.54. The van der Waals surface area contributed by atoms with Crippen molar-refractivity contribution in [2.75, 3.05) is 27.3 Å². The Balaban J connectivity index is 1.43. The van der Waals surface area contributed by atoms with Gasteiger partial charge in [-0.3, -0.25) is 9.69 Å². The van der Waals surface area contributed by atoms with Crippen LogP contribution in [0.15, 0.2) is 42.5 Å². The third-order valence-electron chi connectivity index (χ3n) is 6.30. The maximum Gasteiger partial charge on any atom is 0.411 e. The molecule has 2 atom stereocenters. The van der Waals surface area contributed by atoms with E-state index in [0.29, 0.717) is 43.0 Å². The van der Waals surface area contributed by atoms with Crippen LogP contribution in [0.5, 0.6) is 11.5 Å². The van der Waals surface area contributed by atoms with Crippen molar-refractivity contribution < 1.29 is 23.8 Å². The Kier molecular flexibility index (Phi) is 6.46. The zero-order valence-electron chi connectivity index (χ0n) is 18.4. The van der Waals surface area contributed by atoms with Gasteiger partial charge in [-0.05, 0) is 37.5 Å². The van der Waals surface area contributed by atoms with Gasteiger partial charge in [-0.2, -0.15) is 0 Å². The van der Waals surface area contributed by atoms with Crippen molar-refractivity contribution >= 4 is 23.6 Å². The highest BCUT2D eigenvalue weighted by Crippen LogP contribution is 2.39. The summed E-state index contributed by atoms with van der Waals surface area (Å²) in [6, 6.07) is 13.1. The van der Waals surface area contributed by atoms with Gasteiger partial charge in [0.2, 0.25) is 0 Å². The summed E-state index contributed by atoms with van der Waals surface area (Å²) < 4.78 is 16.3. The van der Waals surface area contributed by atoms with Crippen LogP contribution < -0.4 is 9.47 Å². The molecule has 0 bridgehead atoms. The lowest BCUT2D eigenvalue weighted by Crippen LogP contribution is -2.49. The first-order chi connectivity index (χ1) is 15.5. The number of halogens is 1. The number of likely N-dealkylation sites (tertiary alicyclic amines) is 1. The second-order valence-electron chi connectivity index (χ2n) is 8.05. The monoisotopic (exact) mass is 458 g/mol. The summed E-state index contributed by atoms with van der Waals surface area (Å²) in [5, 5.41) is 0.237. The van der Waals surface area contributed by atoms with E-state index in [-0.39, 0.29) is 35.2 Å². The molecule has 2 fully saturated rings. The first-order valence-electron chi connectivity index (χ1n) is 10.7. The quantitative estimate of drug-likeness (QED) is 0.657. The van der Waals surface area contributed by atoms with Crippen molar-refractivity contribution in [2.45, 2.75) is 38.0 Å². The lowest BCUT2D eigenvalue weighted by atomic mass is 9.98. The number of benzene rings is 2. The van der Waals surface area contributed by atoms with E-state index in [9.17, 15) is 9.59 Å². The molecule has 0 N–H and O–H groups in total. The molecule has 0 aromatic heterocycles. The van der Waals surface area contributed by atoms with Crippen LogP contribution in [0.1, 0.15) is 41.8 Å². The second kappa shape index (κ2) is 9.28. The van der Waals surface area contributed by atoms with Crippen molar-refractivity contribution in [1.82, 2.24) is 9.80 Å². The highest BCUT2D eigenvalue weighted by atomic mass is 35.5. The number of cyclic esters (lactones) is 1. The van der Waals surface area contributed by atoms with Gasteiger partial charge < -0.3 is 19.1 Å². The molecule has 8 heteroatoms. The summed E-state index contributed by atoms with van der Waals surface area (Å²) in [4.78, 5) is 29.4. The minimum Gasteiger partial charge on any atom is -0.493 e. The van der Waals surface area contributed by atoms with Crippen LogP contribution in [-0.2, 0) is 4.74 Å². The van der Waals surface area contributed by atoms with Gasteiger partial charge in [0, 0.05) is 19.1 Å². The Hall–Kier alpha value is -2.93. The SMILES string of the molecule is COc1ccc(C(=O)N2CCC(N3C(=O)O[C@H](c4ccccc4)[C@@H]3C)CC2)c(Cl)c1OC. The van der Waals surface area contributed by atoms with Crippen molar-refractivity contribution in [3.63, 3.8) is 0 Å². The van der Waals surface area contributed by atoms with E-state index in [1.165, 1.54) is 14.2 Å². The van der Waals surface area contributed by atoms with E-state index in [1.807, 2.05) is 42.2 Å². The van der Waals surface area contributed by atoms with Gasteiger partial charge in [0.05, 0.1) is 30.8 Å². The lowest BCUT2D eigenvalue weighted by molar-refractivity contribution is 0.0640. The summed E-state index contributed by atoms with van der Waals surface area (Å²) >= 11 is 6.43. The number of nitrogens with zero attached hydrogens (tertiary/aromatic N) is 2. The summed E-state index contributed by atoms with van der Waals surface area (Å²) in [5.41, 5.74) is 1.37. The number of carbonyl (C=O) groups is 2. The van der Waals surface area contributed by atoms with Gasteiger partial charge in [0.1, 0.15) is 6.10 Å². The van der Waals surface area contributed by atoms with Gasteiger partial charge in [0.25, 0.3) is 5.91 Å². The number of methoxy groups -OCH3 is 2. The van der Waals surface area contributed by atoms with Crippen LogP contribution in [0.25, 0.3) is 0 Å². The number of piperidine rings is 1. The first-order valence-corrected chi connectivity index (χ1v) is 11.1. The lowest BCUT2D eigenvalue weighted by Gasteiger charge is -2.37. The van der Waals surface area contributed by atoms with Gasteiger partial charge in [-0.15, -0.1) is 0 Å². The normalized spacial score (nSPS) is 21.4. The van der Waals surface area contributed by atoms with Crippen LogP contribution in [0.4, 0.5) is 4.79 Å². The zero-order chi connectivity index (χ0) is 22.8. The molecule has 0 aliphatic carbocycles. The Labute approximate surface area is 192 Å². The first kappa shape index (κ1) is 22.3. The summed E-state index contributed by atoms with van der Waals surface area (Å²) in [5.74, 6) is 0.659. The van der Waals surface area contributed by atoms with Gasteiger partial charge in [0.15, 0.2) is 11.5 Å². The smallest absolute Gasteiger partial charge is 0.411 e. The largest absolute Gasteiger partial charge is 0.493 e. The minimum atomic E-state index is -0.293. The predicted molar refractivity (Wildman–Crippen MR) is 120 cm³/mol. The molecule has 0 unspecified atom stereocenters. The molecule has 2 aliphatic rings. The maximum atomic E-state index is 13.1. The molecule has 0 saturated carbocycles. The van der Waals surface area contributed by atoms with E-state index in [0.717, 1.165) is 5.56 Å². The van der Waals surface area contributed by atoms with Crippen molar-refractivity contribution in [3.8, 4) is 11.5 Å². The van der Waals surface area contributed by atoms with Crippen LogP contribution in [-0.4, -0.2) is 61.2 Å². The van der Waals surface area contributed by atoms with Crippen LogP contribution in [0, 0.1) is 0 Å². The number of amides is 2. The van der Waals surface area contributed by atoms with E-state index in [2.05, 4.69) is 0 Å². The van der Waals surface area contributed by atoms with Gasteiger partial charge >= 0.3 is 6.09 Å². The topological polar surface area (TPSA) is 68.3 Å². The highest BCUT2D eigenvalue weighted by molar-refractivity contribution is 6.35. The molecule has 2 aromatic rings. The Bertz CT molecular complexity index is 991. The molecule has 0 spiro atoms. The fraction of sp³-hybridized carbons (Fsp3) is 0.417. The van der Waals surface area contributed by atoms with Crippen molar-refractivity contribution in [3.05, 3.63) is 58.6 Å². The molecule has 2 heterocycles. The fourth-order valence-electron chi connectivity index (χ4n) is 4.62. The molecular weight excluding hydrogens is 432 g/mol. The average molecular weight is 459 g/mol. The molecule has 170 valence electrons. The second-order valence-corrected chi connectivity index (χ2v) is 8.43. The zero-order valence-corrected chi connectivity index (χ0v) is 19.2. The third-order valence-corrected chi connectivity index (χ3v) is 6.68. The molecular formula is C24H27ClN2O5. The third kappa shape index (κ3) is 3.97. The van der Waals surface area contributed by atoms with Crippen LogP contribution >= 0.6 is 11.6 Å². The number of hydrogen-bond donors (Lipinski definition) is 0. The number of ether oxygens (including phenoxy) is 3. The van der Waals surface area contributed by atoms with Crippen LogP contribution in [0.2, 0.25) is 5.02 Å². The summed E-state index contributed by atoms with van der Waals surface area (Å²) in [6.07, 6.45) is 0.780. The van der Waals surface area contributed by atoms with Gasteiger partial charge in [-0.1, -0.05) is 41.9 Å². The maximum absolute atomic E-state index is 13.1. The molecule has 32 heavy (non-hydrogen) atoms. The standard InChI is InChI=1S/C24H27ClN2O5/c1-15-21(16-7-5-4-6-8-16)32-24(29)27(15)17-11-13-26(14-12-17)23(28)18-9-10-19(30-2)22(31-3)20(18)25/h4-10,15,17,21H,11-14H2,1-3H3/t15-,21-/m0/s1. The van der Waals surface area contributed by atoms with Crippen LogP contribution in [0.3, 0.4) is 0 Å². The Morgan fingerprint density at radius 1 is 1.06 bits per heavy atom. The Morgan fingerprint density at radius 3 is 2.38 bits per heavy atom. The molecule has 2 aliphatic heterocycles. The average Bonchev–Trinajstić information content (AvgIpc) is 3.12. The summed E-state index contributed by atoms with van der Waals surface area (Å²) in [6.45, 7) is 3.07. The van der Waals surface area contributed by atoms with E-state index in [1.54, 1.807) is 17.0 Å².